The third-order valence-corrected chi connectivity index (χ3v) is 8.46. The van der Waals surface area contributed by atoms with Crippen molar-refractivity contribution in [3.8, 4) is 0 Å². The Morgan fingerprint density at radius 1 is 1.21 bits per heavy atom. The highest BCUT2D eigenvalue weighted by Crippen LogP contribution is 2.68. The number of nitrogens with zero attached hydrogens (tertiary/aromatic N) is 2. The molecule has 4 nitrogen and oxygen atoms in total. The molecule has 7 rings (SSSR count). The van der Waals surface area contributed by atoms with Crippen molar-refractivity contribution < 1.29 is 10.2 Å². The molecule has 1 saturated carbocycles. The first-order valence-corrected chi connectivity index (χ1v) is 9.57. The molecule has 1 aliphatic carbocycles. The predicted molar refractivity (Wildman–Crippen MR) is 91.7 cm³/mol. The van der Waals surface area contributed by atoms with E-state index in [1.54, 1.807) is 0 Å². The topological polar surface area (TPSA) is 46.9 Å². The summed E-state index contributed by atoms with van der Waals surface area (Å²) < 4.78 is 0. The number of aliphatic hydroxyl groups is 2. The lowest BCUT2D eigenvalue weighted by atomic mass is 9.62. The maximum Gasteiger partial charge on any atom is 0.111 e. The van der Waals surface area contributed by atoms with E-state index in [-0.39, 0.29) is 17.7 Å². The molecule has 3 unspecified atom stereocenters. The fraction of sp³-hybridized carbons (Fsp3) is 0.700. The van der Waals surface area contributed by atoms with Crippen LogP contribution in [-0.2, 0) is 5.41 Å². The Morgan fingerprint density at radius 3 is 2.79 bits per heavy atom. The molecule has 128 valence electrons. The van der Waals surface area contributed by atoms with Crippen LogP contribution >= 0.6 is 0 Å². The first-order valence-electron chi connectivity index (χ1n) is 9.57. The van der Waals surface area contributed by atoms with Gasteiger partial charge in [-0.2, -0.15) is 0 Å². The van der Waals surface area contributed by atoms with Gasteiger partial charge in [-0.25, -0.2) is 0 Å². The molecular weight excluding hydrogens is 300 g/mol. The molecule has 10 atom stereocenters. The molecule has 0 amide bonds. The van der Waals surface area contributed by atoms with Crippen LogP contribution in [0.4, 0.5) is 5.69 Å². The lowest BCUT2D eigenvalue weighted by Gasteiger charge is -2.62. The smallest absolute Gasteiger partial charge is 0.111 e. The van der Waals surface area contributed by atoms with Crippen molar-refractivity contribution in [3.63, 3.8) is 0 Å². The van der Waals surface area contributed by atoms with Gasteiger partial charge in [0.05, 0.1) is 12.1 Å². The second-order valence-corrected chi connectivity index (χ2v) is 8.81. The molecule has 5 heterocycles. The highest BCUT2D eigenvalue weighted by Gasteiger charge is 2.76. The zero-order valence-electron chi connectivity index (χ0n) is 14.3. The molecule has 0 radical (unpaired) electrons. The van der Waals surface area contributed by atoms with Gasteiger partial charge in [0, 0.05) is 42.1 Å². The van der Waals surface area contributed by atoms with Crippen LogP contribution < -0.4 is 4.90 Å². The van der Waals surface area contributed by atoms with Gasteiger partial charge in [0.25, 0.3) is 0 Å². The maximum absolute atomic E-state index is 11.6. The minimum absolute atomic E-state index is 0.126. The summed E-state index contributed by atoms with van der Waals surface area (Å²) >= 11 is 0. The Labute approximate surface area is 143 Å². The van der Waals surface area contributed by atoms with E-state index >= 15 is 0 Å². The van der Waals surface area contributed by atoms with Crippen molar-refractivity contribution in [1.82, 2.24) is 4.90 Å². The highest BCUT2D eigenvalue weighted by atomic mass is 16.3. The van der Waals surface area contributed by atoms with Gasteiger partial charge in [-0.05, 0) is 36.8 Å². The maximum atomic E-state index is 11.6. The molecule has 1 aromatic carbocycles. The number of likely N-dealkylation sites (N-methyl/N-ethyl adjacent to an activating group) is 1. The molecule has 6 aliphatic rings. The number of para-hydroxylation sites is 1. The fourth-order valence-electron chi connectivity index (χ4n) is 7.88. The fourth-order valence-corrected chi connectivity index (χ4v) is 7.88. The van der Waals surface area contributed by atoms with Crippen LogP contribution in [0.25, 0.3) is 0 Å². The molecule has 5 bridgehead atoms. The van der Waals surface area contributed by atoms with Crippen LogP contribution in [0.1, 0.15) is 31.7 Å². The minimum atomic E-state index is -0.319. The van der Waals surface area contributed by atoms with Crippen LogP contribution in [0.15, 0.2) is 24.3 Å². The SMILES string of the molecule is CC[C@H]1C2CC3[C@@H]4N(C)c5ccccc5[C@]45C[C@@H]([C@H]2[C@@H]5O)N3[C@H]1O. The monoisotopic (exact) mass is 326 g/mol. The van der Waals surface area contributed by atoms with Crippen LogP contribution in [0.5, 0.6) is 0 Å². The van der Waals surface area contributed by atoms with E-state index in [9.17, 15) is 10.2 Å². The summed E-state index contributed by atoms with van der Waals surface area (Å²) in [5.41, 5.74) is 2.51. The molecule has 5 aliphatic heterocycles. The van der Waals surface area contributed by atoms with Crippen molar-refractivity contribution in [2.24, 2.45) is 17.8 Å². The first-order chi connectivity index (χ1) is 11.6. The van der Waals surface area contributed by atoms with Crippen molar-refractivity contribution in [2.75, 3.05) is 11.9 Å². The molecular formula is C20H26N2O2. The Morgan fingerprint density at radius 2 is 2.00 bits per heavy atom. The standard InChI is InChI=1S/C20H26N2O2/c1-3-10-11-8-14-17-20(12-6-4-5-7-13(12)21(17)2)9-15(16(11)18(20)23)22(14)19(10)24/h4-7,10-11,14-19,23-24H,3,8-9H2,1-2H3/t10-,11?,14?,15-,16-,17-,18-,19-,20+/m0/s1. The number of anilines is 1. The summed E-state index contributed by atoms with van der Waals surface area (Å²) in [6.07, 6.45) is 2.56. The predicted octanol–water partition coefficient (Wildman–Crippen LogP) is 1.55. The normalized spacial score (nSPS) is 55.8. The van der Waals surface area contributed by atoms with Gasteiger partial charge < -0.3 is 15.1 Å². The van der Waals surface area contributed by atoms with Crippen LogP contribution in [0, 0.1) is 17.8 Å². The van der Waals surface area contributed by atoms with Gasteiger partial charge in [0.2, 0.25) is 0 Å². The minimum Gasteiger partial charge on any atom is -0.392 e. The lowest BCUT2D eigenvalue weighted by Crippen LogP contribution is -2.72. The number of hydrogen-bond donors (Lipinski definition) is 2. The van der Waals surface area contributed by atoms with Gasteiger partial charge in [-0.15, -0.1) is 0 Å². The molecule has 4 heteroatoms. The molecule has 1 spiro atoms. The first kappa shape index (κ1) is 14.1. The highest BCUT2D eigenvalue weighted by molar-refractivity contribution is 5.67. The van der Waals surface area contributed by atoms with E-state index in [1.165, 1.54) is 11.3 Å². The average Bonchev–Trinajstić information content (AvgIpc) is 2.97. The number of hydrogen-bond acceptors (Lipinski definition) is 4. The van der Waals surface area contributed by atoms with Gasteiger partial charge in [-0.1, -0.05) is 25.1 Å². The Balaban J connectivity index is 1.60. The molecule has 2 N–H and O–H groups in total. The summed E-state index contributed by atoms with van der Waals surface area (Å²) in [7, 11) is 2.19. The van der Waals surface area contributed by atoms with Gasteiger partial charge in [-0.3, -0.25) is 4.90 Å². The molecule has 5 fully saturated rings. The second kappa shape index (κ2) is 4.17. The molecule has 0 aromatic heterocycles. The largest absolute Gasteiger partial charge is 0.392 e. The third-order valence-electron chi connectivity index (χ3n) is 8.46. The summed E-state index contributed by atoms with van der Waals surface area (Å²) in [5.74, 6) is 1.14. The van der Waals surface area contributed by atoms with Gasteiger partial charge >= 0.3 is 0 Å². The summed E-state index contributed by atoms with van der Waals surface area (Å²) in [6.45, 7) is 2.19. The average molecular weight is 326 g/mol. The summed E-state index contributed by atoms with van der Waals surface area (Å²) in [5, 5.41) is 22.6. The second-order valence-electron chi connectivity index (χ2n) is 8.81. The zero-order chi connectivity index (χ0) is 16.4. The third kappa shape index (κ3) is 1.20. The van der Waals surface area contributed by atoms with Crippen molar-refractivity contribution in [3.05, 3.63) is 29.8 Å². The van der Waals surface area contributed by atoms with E-state index in [0.717, 1.165) is 19.3 Å². The Hall–Kier alpha value is -1.10. The van der Waals surface area contributed by atoms with Gasteiger partial charge in [0.1, 0.15) is 6.23 Å². The number of benzene rings is 1. The van der Waals surface area contributed by atoms with Crippen LogP contribution in [0.2, 0.25) is 0 Å². The van der Waals surface area contributed by atoms with E-state index < -0.39 is 0 Å². The molecule has 4 saturated heterocycles. The summed E-state index contributed by atoms with van der Waals surface area (Å²) in [6, 6.07) is 9.70. The van der Waals surface area contributed by atoms with Crippen LogP contribution in [-0.4, -0.2) is 52.6 Å². The number of fused-ring (bicyclic) bond motifs is 2. The number of aliphatic hydroxyl groups excluding tert-OH is 2. The van der Waals surface area contributed by atoms with E-state index in [1.807, 2.05) is 0 Å². The van der Waals surface area contributed by atoms with Crippen LogP contribution in [0.3, 0.4) is 0 Å². The Kier molecular flexibility index (Phi) is 2.45. The van der Waals surface area contributed by atoms with Crippen molar-refractivity contribution in [2.45, 2.75) is 62.1 Å². The van der Waals surface area contributed by atoms with E-state index in [2.05, 4.69) is 48.0 Å². The Bertz CT molecular complexity index is 723. The molecule has 24 heavy (non-hydrogen) atoms. The van der Waals surface area contributed by atoms with Gasteiger partial charge in [0.15, 0.2) is 0 Å². The lowest BCUT2D eigenvalue weighted by molar-refractivity contribution is -0.211. The number of rotatable bonds is 1. The quantitative estimate of drug-likeness (QED) is 0.822. The van der Waals surface area contributed by atoms with E-state index in [0.29, 0.717) is 35.9 Å². The van der Waals surface area contributed by atoms with E-state index in [4.69, 9.17) is 0 Å². The van der Waals surface area contributed by atoms with Crippen molar-refractivity contribution in [1.29, 1.82) is 0 Å². The molecule has 1 aromatic rings. The van der Waals surface area contributed by atoms with Crippen molar-refractivity contribution >= 4 is 5.69 Å². The number of piperidine rings is 4. The zero-order valence-corrected chi connectivity index (χ0v) is 14.3. The summed E-state index contributed by atoms with van der Waals surface area (Å²) in [4.78, 5) is 4.83.